The van der Waals surface area contributed by atoms with E-state index in [0.717, 1.165) is 67.3 Å². The van der Waals surface area contributed by atoms with Crippen LogP contribution in [0.3, 0.4) is 0 Å². The molecule has 6 nitrogen and oxygen atoms in total. The number of benzene rings is 2. The van der Waals surface area contributed by atoms with Crippen LogP contribution >= 0.6 is 23.2 Å². The van der Waals surface area contributed by atoms with Crippen LogP contribution in [-0.2, 0) is 31.0 Å². The molecule has 2 aromatic rings. The van der Waals surface area contributed by atoms with Crippen LogP contribution in [0.1, 0.15) is 34.3 Å². The van der Waals surface area contributed by atoms with Gasteiger partial charge in [-0.3, -0.25) is 9.69 Å². The standard InChI is InChI=1S/C18H22ClN4O2.C7H6Cl.CF3.Os/c19-16-8-13(7-12-1-4-20-18(25)17(12)16)21-14-9-23(10-14)15-2-5-22(11-24)6-3-15;1-6-3-2-4-7(8)5-6;2-1(3)4;/h7-8,14-15,21H,1-6,9-10H2,(H,20,25);2-5H,1H2;;/q3*-1;. The summed E-state index contributed by atoms with van der Waals surface area (Å²) in [5.74, 6) is -0.0773. The van der Waals surface area contributed by atoms with Crippen LogP contribution in [-0.4, -0.2) is 66.9 Å². The number of nitrogens with zero attached hydrogens (tertiary/aromatic N) is 2. The molecule has 3 heterocycles. The summed E-state index contributed by atoms with van der Waals surface area (Å²) < 4.78 is 28.8. The number of amides is 2. The maximum absolute atomic E-state index is 11.9. The summed E-state index contributed by atoms with van der Waals surface area (Å²) in [6.45, 7) is 4.91. The molecule has 3 aliphatic rings. The molecule has 2 saturated heterocycles. The number of rotatable bonds is 4. The van der Waals surface area contributed by atoms with Crippen molar-refractivity contribution in [2.75, 3.05) is 38.0 Å². The van der Waals surface area contributed by atoms with Gasteiger partial charge < -0.3 is 33.5 Å². The first kappa shape index (κ1) is 32.2. The van der Waals surface area contributed by atoms with Crippen LogP contribution in [0.2, 0.25) is 10.0 Å². The Morgan fingerprint density at radius 2 is 1.76 bits per heavy atom. The molecule has 2 N–H and O–H groups in total. The van der Waals surface area contributed by atoms with Crippen LogP contribution in [0, 0.1) is 13.6 Å². The summed E-state index contributed by atoms with van der Waals surface area (Å²) in [7, 11) is 0. The zero-order valence-electron chi connectivity index (χ0n) is 20.4. The van der Waals surface area contributed by atoms with Crippen LogP contribution in [0.5, 0.6) is 0 Å². The molecule has 0 unspecified atom stereocenters. The predicted octanol–water partition coefficient (Wildman–Crippen LogP) is 5.12. The second-order valence-electron chi connectivity index (χ2n) is 8.95. The van der Waals surface area contributed by atoms with Crippen LogP contribution in [0.15, 0.2) is 36.4 Å². The number of anilines is 1. The fourth-order valence-corrected chi connectivity index (χ4v) is 5.13. The first-order valence-corrected chi connectivity index (χ1v) is 12.6. The largest absolute Gasteiger partial charge is 0.520 e. The molecule has 0 aromatic heterocycles. The summed E-state index contributed by atoms with van der Waals surface area (Å²) in [5.41, 5.74) is 3.59. The SMILES string of the molecule is F[C-](F)F.O=[C-]N1CCC(N2CC(Nc3cc(Cl)c4c(c3)CCNC4=O)C2)CC1.[CH2-]c1cccc(Cl)c1.[Os]. The fraction of sp³-hybridized carbons (Fsp3) is 0.385. The molecule has 0 spiro atoms. The molecule has 0 radical (unpaired) electrons. The normalized spacial score (nSPS) is 17.4. The summed E-state index contributed by atoms with van der Waals surface area (Å²) in [6.07, 6.45) is 4.86. The molecule has 2 aromatic carbocycles. The summed E-state index contributed by atoms with van der Waals surface area (Å²) >= 11 is 11.9. The van der Waals surface area contributed by atoms with Crippen molar-refractivity contribution in [2.24, 2.45) is 0 Å². The van der Waals surface area contributed by atoms with Crippen molar-refractivity contribution in [1.82, 2.24) is 15.1 Å². The van der Waals surface area contributed by atoms with Crippen LogP contribution in [0.4, 0.5) is 18.9 Å². The van der Waals surface area contributed by atoms with E-state index in [2.05, 4.69) is 28.5 Å². The van der Waals surface area contributed by atoms with Crippen molar-refractivity contribution in [1.29, 1.82) is 0 Å². The van der Waals surface area contributed by atoms with E-state index in [4.69, 9.17) is 23.2 Å². The summed E-state index contributed by atoms with van der Waals surface area (Å²) in [4.78, 5) is 26.8. The van der Waals surface area contributed by atoms with E-state index < -0.39 is 6.68 Å². The first-order valence-electron chi connectivity index (χ1n) is 11.8. The predicted molar refractivity (Wildman–Crippen MR) is 139 cm³/mol. The molecular formula is C26H28Cl2F3N4O2Os-3. The third-order valence-electron chi connectivity index (χ3n) is 6.36. The van der Waals surface area contributed by atoms with E-state index in [1.54, 1.807) is 4.90 Å². The Bertz CT molecular complexity index is 1050. The Morgan fingerprint density at radius 1 is 1.11 bits per heavy atom. The molecule has 5 rings (SSSR count). The second kappa shape index (κ2) is 15.6. The fourth-order valence-electron chi connectivity index (χ4n) is 4.59. The third kappa shape index (κ3) is 9.64. The van der Waals surface area contributed by atoms with Gasteiger partial charge in [-0.05, 0) is 55.1 Å². The van der Waals surface area contributed by atoms with Crippen molar-refractivity contribution in [2.45, 2.75) is 31.3 Å². The van der Waals surface area contributed by atoms with Crippen molar-refractivity contribution in [3.8, 4) is 0 Å². The minimum atomic E-state index is -3.08. The average molecular weight is 747 g/mol. The molecule has 0 saturated carbocycles. The Balaban J connectivity index is 0.000000326. The van der Waals surface area contributed by atoms with E-state index in [-0.39, 0.29) is 25.7 Å². The molecule has 0 bridgehead atoms. The summed E-state index contributed by atoms with van der Waals surface area (Å²) in [6, 6.07) is 12.3. The molecule has 0 aliphatic carbocycles. The zero-order valence-corrected chi connectivity index (χ0v) is 24.5. The number of halogens is 5. The number of nitrogens with one attached hydrogen (secondary N) is 2. The van der Waals surface area contributed by atoms with Gasteiger partial charge in [-0.25, -0.2) is 0 Å². The maximum atomic E-state index is 11.9. The van der Waals surface area contributed by atoms with Crippen LogP contribution in [0.25, 0.3) is 0 Å². The average Bonchev–Trinajstić information content (AvgIpc) is 2.81. The van der Waals surface area contributed by atoms with Crippen molar-refractivity contribution >= 4 is 41.2 Å². The topological polar surface area (TPSA) is 64.7 Å². The maximum Gasteiger partial charge on any atom is 0.253 e. The van der Waals surface area contributed by atoms with Crippen LogP contribution < -0.4 is 10.6 Å². The Hall–Kier alpha value is -1.98. The van der Waals surface area contributed by atoms with E-state index in [1.807, 2.05) is 36.7 Å². The third-order valence-corrected chi connectivity index (χ3v) is 6.89. The molecule has 210 valence electrons. The number of piperidine rings is 1. The van der Waals surface area contributed by atoms with Gasteiger partial charge in [0.15, 0.2) is 6.68 Å². The minimum absolute atomic E-state index is 0. The summed E-state index contributed by atoms with van der Waals surface area (Å²) in [5, 5.41) is 7.64. The number of carbonyl (C=O) groups excluding carboxylic acids is 2. The van der Waals surface area contributed by atoms with Gasteiger partial charge in [0.25, 0.3) is 5.91 Å². The van der Waals surface area contributed by atoms with E-state index >= 15 is 0 Å². The van der Waals surface area contributed by atoms with Gasteiger partial charge in [0, 0.05) is 51.2 Å². The van der Waals surface area contributed by atoms with Gasteiger partial charge >= 0.3 is 0 Å². The zero-order chi connectivity index (χ0) is 26.9. The molecule has 2 amide bonds. The number of likely N-dealkylation sites (tertiary alicyclic amines) is 2. The quantitative estimate of drug-likeness (QED) is 0.428. The van der Waals surface area contributed by atoms with Gasteiger partial charge in [-0.1, -0.05) is 29.3 Å². The van der Waals surface area contributed by atoms with Crippen molar-refractivity contribution < 1.29 is 42.6 Å². The van der Waals surface area contributed by atoms with Crippen molar-refractivity contribution in [3.63, 3.8) is 0 Å². The second-order valence-corrected chi connectivity index (χ2v) is 9.79. The minimum Gasteiger partial charge on any atom is -0.520 e. The Kier molecular flexibility index (Phi) is 13.2. The van der Waals surface area contributed by atoms with E-state index in [1.165, 1.54) is 0 Å². The van der Waals surface area contributed by atoms with Gasteiger partial charge in [0.2, 0.25) is 0 Å². The van der Waals surface area contributed by atoms with Gasteiger partial charge in [-0.2, -0.15) is 25.0 Å². The van der Waals surface area contributed by atoms with Gasteiger partial charge in [0.1, 0.15) is 0 Å². The Labute approximate surface area is 244 Å². The number of hydrogen-bond donors (Lipinski definition) is 2. The number of carbonyl (C=O) groups is 1. The van der Waals surface area contributed by atoms with E-state index in [9.17, 15) is 22.8 Å². The number of hydrogen-bond acceptors (Lipinski definition) is 4. The molecule has 0 atom stereocenters. The van der Waals surface area contributed by atoms with Gasteiger partial charge in [0.05, 0.1) is 16.6 Å². The van der Waals surface area contributed by atoms with Crippen molar-refractivity contribution in [3.05, 3.63) is 76.7 Å². The molecule has 2 fully saturated rings. The van der Waals surface area contributed by atoms with E-state index in [0.29, 0.717) is 29.2 Å². The molecule has 12 heteroatoms. The Morgan fingerprint density at radius 3 is 2.32 bits per heavy atom. The molecule has 3 aliphatic heterocycles. The monoisotopic (exact) mass is 747 g/mol. The smallest absolute Gasteiger partial charge is 0.253 e. The molecule has 38 heavy (non-hydrogen) atoms. The number of fused-ring (bicyclic) bond motifs is 1. The van der Waals surface area contributed by atoms with Gasteiger partial charge in [-0.15, -0.1) is 12.1 Å². The first-order chi connectivity index (χ1) is 17.7. The molecular weight excluding hydrogens is 718 g/mol.